The second-order valence-electron chi connectivity index (χ2n) is 4.83. The normalized spacial score (nSPS) is 17.4. The summed E-state index contributed by atoms with van der Waals surface area (Å²) >= 11 is 6.05. The summed E-state index contributed by atoms with van der Waals surface area (Å²) in [7, 11) is 1.82. The lowest BCUT2D eigenvalue weighted by Gasteiger charge is -2.23. The van der Waals surface area contributed by atoms with Gasteiger partial charge in [0.25, 0.3) is 0 Å². The molecular formula is C13H16ClN3O. The van der Waals surface area contributed by atoms with E-state index in [1.54, 1.807) is 4.57 Å². The lowest BCUT2D eigenvalue weighted by Crippen LogP contribution is -2.34. The van der Waals surface area contributed by atoms with Gasteiger partial charge >= 0.3 is 5.69 Å². The average Bonchev–Trinajstić information content (AvgIpc) is 2.63. The van der Waals surface area contributed by atoms with Crippen LogP contribution in [0.15, 0.2) is 23.0 Å². The Labute approximate surface area is 110 Å². The first-order chi connectivity index (χ1) is 8.68. The van der Waals surface area contributed by atoms with Crippen molar-refractivity contribution in [3.8, 4) is 0 Å². The maximum Gasteiger partial charge on any atom is 0.329 e. The molecule has 96 valence electrons. The number of aromatic nitrogens is 2. The van der Waals surface area contributed by atoms with Gasteiger partial charge in [-0.1, -0.05) is 11.6 Å². The number of hydrogen-bond acceptors (Lipinski definition) is 2. The Kier molecular flexibility index (Phi) is 2.92. The number of halogens is 1. The summed E-state index contributed by atoms with van der Waals surface area (Å²) in [5, 5.41) is 4.00. The number of imidazole rings is 1. The summed E-state index contributed by atoms with van der Waals surface area (Å²) in [4.78, 5) is 12.4. The van der Waals surface area contributed by atoms with Crippen LogP contribution in [0.2, 0.25) is 5.02 Å². The molecule has 5 heteroatoms. The van der Waals surface area contributed by atoms with Crippen molar-refractivity contribution in [3.05, 3.63) is 33.7 Å². The Bertz CT molecular complexity index is 637. The number of fused-ring (bicyclic) bond motifs is 1. The van der Waals surface area contributed by atoms with E-state index in [0.29, 0.717) is 5.02 Å². The Balaban J connectivity index is 2.23. The van der Waals surface area contributed by atoms with E-state index in [0.717, 1.165) is 37.0 Å². The lowest BCUT2D eigenvalue weighted by molar-refractivity contribution is 0.366. The third-order valence-electron chi connectivity index (χ3n) is 3.73. The molecule has 0 aliphatic carbocycles. The summed E-state index contributed by atoms with van der Waals surface area (Å²) in [6.07, 6.45) is 1.98. The van der Waals surface area contributed by atoms with Crippen molar-refractivity contribution in [2.24, 2.45) is 7.05 Å². The zero-order valence-corrected chi connectivity index (χ0v) is 11.1. The van der Waals surface area contributed by atoms with Crippen molar-refractivity contribution in [2.75, 3.05) is 13.1 Å². The van der Waals surface area contributed by atoms with Crippen molar-refractivity contribution in [2.45, 2.75) is 18.9 Å². The van der Waals surface area contributed by atoms with E-state index in [-0.39, 0.29) is 11.7 Å². The van der Waals surface area contributed by atoms with Gasteiger partial charge in [0.2, 0.25) is 0 Å². The van der Waals surface area contributed by atoms with Gasteiger partial charge in [-0.2, -0.15) is 0 Å². The number of nitrogens with zero attached hydrogens (tertiary/aromatic N) is 2. The molecule has 1 aromatic carbocycles. The third kappa shape index (κ3) is 1.76. The molecule has 0 saturated carbocycles. The minimum atomic E-state index is 0.0548. The summed E-state index contributed by atoms with van der Waals surface area (Å²) in [5.41, 5.74) is 1.95. The second-order valence-corrected chi connectivity index (χ2v) is 5.26. The fourth-order valence-corrected chi connectivity index (χ4v) is 2.92. The number of aryl methyl sites for hydroxylation is 1. The van der Waals surface area contributed by atoms with Crippen LogP contribution in [0.5, 0.6) is 0 Å². The lowest BCUT2D eigenvalue weighted by atomic mass is 10.1. The van der Waals surface area contributed by atoms with E-state index in [2.05, 4.69) is 5.32 Å². The topological polar surface area (TPSA) is 39.0 Å². The monoisotopic (exact) mass is 265 g/mol. The molecule has 1 aliphatic rings. The highest BCUT2D eigenvalue weighted by atomic mass is 35.5. The molecule has 0 radical (unpaired) electrons. The van der Waals surface area contributed by atoms with E-state index in [1.165, 1.54) is 0 Å². The average molecular weight is 266 g/mol. The highest BCUT2D eigenvalue weighted by molar-refractivity contribution is 6.31. The predicted octanol–water partition coefficient (Wildman–Crippen LogP) is 1.92. The zero-order valence-electron chi connectivity index (χ0n) is 10.3. The first-order valence-corrected chi connectivity index (χ1v) is 6.63. The number of hydrogen-bond donors (Lipinski definition) is 1. The maximum absolute atomic E-state index is 12.4. The molecule has 4 nitrogen and oxygen atoms in total. The summed E-state index contributed by atoms with van der Waals surface area (Å²) in [6.45, 7) is 1.93. The van der Waals surface area contributed by atoms with Gasteiger partial charge in [0, 0.05) is 18.1 Å². The highest BCUT2D eigenvalue weighted by Gasteiger charge is 2.21. The Morgan fingerprint density at radius 1 is 1.28 bits per heavy atom. The van der Waals surface area contributed by atoms with E-state index in [1.807, 2.05) is 29.8 Å². The molecule has 2 heterocycles. The molecule has 0 amide bonds. The number of benzene rings is 1. The fourth-order valence-electron chi connectivity index (χ4n) is 2.76. The van der Waals surface area contributed by atoms with E-state index in [9.17, 15) is 4.79 Å². The molecule has 0 bridgehead atoms. The zero-order chi connectivity index (χ0) is 12.7. The summed E-state index contributed by atoms with van der Waals surface area (Å²) in [5.74, 6) is 0. The molecule has 1 saturated heterocycles. The standard InChI is InChI=1S/C13H16ClN3O/c1-16-11-3-2-9(14)8-12(11)17(13(16)18)10-4-6-15-7-5-10/h2-3,8,10,15H,4-7H2,1H3. The number of nitrogens with one attached hydrogen (secondary N) is 1. The highest BCUT2D eigenvalue weighted by Crippen LogP contribution is 2.24. The van der Waals surface area contributed by atoms with Gasteiger partial charge in [0.05, 0.1) is 11.0 Å². The van der Waals surface area contributed by atoms with Crippen molar-refractivity contribution in [1.82, 2.24) is 14.5 Å². The minimum Gasteiger partial charge on any atom is -0.317 e. The molecule has 1 aromatic heterocycles. The van der Waals surface area contributed by atoms with E-state index < -0.39 is 0 Å². The van der Waals surface area contributed by atoms with Crippen LogP contribution in [0, 0.1) is 0 Å². The van der Waals surface area contributed by atoms with Crippen molar-refractivity contribution in [3.63, 3.8) is 0 Å². The number of rotatable bonds is 1. The summed E-state index contributed by atoms with van der Waals surface area (Å²) in [6, 6.07) is 5.91. The first-order valence-electron chi connectivity index (χ1n) is 6.25. The third-order valence-corrected chi connectivity index (χ3v) is 3.96. The first kappa shape index (κ1) is 11.8. The van der Waals surface area contributed by atoms with Crippen LogP contribution in [0.4, 0.5) is 0 Å². The molecule has 2 aromatic rings. The predicted molar refractivity (Wildman–Crippen MR) is 73.3 cm³/mol. The second kappa shape index (κ2) is 4.44. The molecule has 0 atom stereocenters. The fraction of sp³-hybridized carbons (Fsp3) is 0.462. The smallest absolute Gasteiger partial charge is 0.317 e. The molecule has 1 fully saturated rings. The van der Waals surface area contributed by atoms with Crippen LogP contribution in [-0.2, 0) is 7.05 Å². The molecule has 0 spiro atoms. The summed E-state index contributed by atoms with van der Waals surface area (Å²) < 4.78 is 3.61. The van der Waals surface area contributed by atoms with Crippen LogP contribution in [0.1, 0.15) is 18.9 Å². The van der Waals surface area contributed by atoms with Gasteiger partial charge in [-0.15, -0.1) is 0 Å². The van der Waals surface area contributed by atoms with Crippen LogP contribution in [-0.4, -0.2) is 22.2 Å². The van der Waals surface area contributed by atoms with Crippen LogP contribution < -0.4 is 11.0 Å². The molecule has 3 rings (SSSR count). The molecule has 0 unspecified atom stereocenters. The number of piperidine rings is 1. The Morgan fingerprint density at radius 3 is 2.72 bits per heavy atom. The van der Waals surface area contributed by atoms with Gasteiger partial charge in [-0.05, 0) is 44.1 Å². The van der Waals surface area contributed by atoms with E-state index >= 15 is 0 Å². The van der Waals surface area contributed by atoms with Crippen molar-refractivity contribution in [1.29, 1.82) is 0 Å². The molecule has 1 N–H and O–H groups in total. The van der Waals surface area contributed by atoms with Crippen LogP contribution in [0.25, 0.3) is 11.0 Å². The Morgan fingerprint density at radius 2 is 2.00 bits per heavy atom. The largest absolute Gasteiger partial charge is 0.329 e. The Hall–Kier alpha value is -1.26. The van der Waals surface area contributed by atoms with Gasteiger partial charge in [0.15, 0.2) is 0 Å². The molecular weight excluding hydrogens is 250 g/mol. The van der Waals surface area contributed by atoms with Gasteiger partial charge in [0.1, 0.15) is 0 Å². The van der Waals surface area contributed by atoms with Crippen molar-refractivity contribution < 1.29 is 0 Å². The maximum atomic E-state index is 12.4. The quantitative estimate of drug-likeness (QED) is 0.856. The SMILES string of the molecule is Cn1c(=O)n(C2CCNCC2)c2cc(Cl)ccc21. The molecule has 18 heavy (non-hydrogen) atoms. The van der Waals surface area contributed by atoms with Gasteiger partial charge < -0.3 is 5.32 Å². The van der Waals surface area contributed by atoms with Gasteiger partial charge in [-0.3, -0.25) is 9.13 Å². The minimum absolute atomic E-state index is 0.0548. The van der Waals surface area contributed by atoms with Crippen molar-refractivity contribution >= 4 is 22.6 Å². The van der Waals surface area contributed by atoms with Crippen LogP contribution >= 0.6 is 11.6 Å². The van der Waals surface area contributed by atoms with Crippen LogP contribution in [0.3, 0.4) is 0 Å². The molecule has 1 aliphatic heterocycles. The van der Waals surface area contributed by atoms with Gasteiger partial charge in [-0.25, -0.2) is 4.79 Å². The van der Waals surface area contributed by atoms with E-state index in [4.69, 9.17) is 11.6 Å².